The van der Waals surface area contributed by atoms with Gasteiger partial charge >= 0.3 is 0 Å². The first-order chi connectivity index (χ1) is 14.4. The summed E-state index contributed by atoms with van der Waals surface area (Å²) >= 11 is 0. The molecule has 1 aliphatic carbocycles. The number of nitrogens with two attached hydrogens (primary N) is 1. The van der Waals surface area contributed by atoms with Gasteiger partial charge in [0, 0.05) is 31.5 Å². The molecule has 2 heterocycles. The number of tetrazole rings is 1. The van der Waals surface area contributed by atoms with Crippen molar-refractivity contribution >= 4 is 6.08 Å². The Morgan fingerprint density at radius 3 is 2.90 bits per heavy atom. The molecule has 0 saturated heterocycles. The van der Waals surface area contributed by atoms with E-state index in [1.165, 1.54) is 5.56 Å². The molecule has 2 aromatic heterocycles. The van der Waals surface area contributed by atoms with Crippen molar-refractivity contribution in [3.63, 3.8) is 0 Å². The third-order valence-corrected chi connectivity index (χ3v) is 5.23. The maximum atomic E-state index is 6.26. The highest BCUT2D eigenvalue weighted by molar-refractivity contribution is 5.63. The van der Waals surface area contributed by atoms with Crippen molar-refractivity contribution in [3.05, 3.63) is 65.5 Å². The van der Waals surface area contributed by atoms with Gasteiger partial charge in [-0.1, -0.05) is 51.1 Å². The number of benzene rings is 1. The Morgan fingerprint density at radius 1 is 1.27 bits per heavy atom. The fraction of sp³-hybridized carbons (Fsp3) is 0.455. The summed E-state index contributed by atoms with van der Waals surface area (Å²) in [5.74, 6) is 0.826. The van der Waals surface area contributed by atoms with Gasteiger partial charge in [0.2, 0.25) is 0 Å². The van der Waals surface area contributed by atoms with Gasteiger partial charge in [-0.3, -0.25) is 0 Å². The molecule has 8 nitrogen and oxygen atoms in total. The van der Waals surface area contributed by atoms with Crippen LogP contribution >= 0.6 is 0 Å². The maximum Gasteiger partial charge on any atom is 0.172 e. The van der Waals surface area contributed by atoms with E-state index in [-0.39, 0.29) is 17.5 Å². The summed E-state index contributed by atoms with van der Waals surface area (Å²) in [5.41, 5.74) is 9.78. The topological polar surface area (TPSA) is 99.5 Å². The fourth-order valence-corrected chi connectivity index (χ4v) is 3.79. The number of hydrogen-bond acceptors (Lipinski definition) is 6. The molecule has 0 saturated carbocycles. The molecule has 0 radical (unpaired) electrons. The van der Waals surface area contributed by atoms with Gasteiger partial charge in [-0.25, -0.2) is 9.67 Å². The Hall–Kier alpha value is -2.84. The molecule has 2 unspecified atom stereocenters. The number of nitrogens with one attached hydrogen (secondary N) is 1. The van der Waals surface area contributed by atoms with Crippen molar-refractivity contribution in [2.24, 2.45) is 11.1 Å². The number of hydrogen-bond donors (Lipinski definition) is 2. The Kier molecular flexibility index (Phi) is 5.78. The molecule has 4 rings (SSSR count). The van der Waals surface area contributed by atoms with Crippen LogP contribution in [0.15, 0.2) is 43.0 Å². The second-order valence-corrected chi connectivity index (χ2v) is 9.07. The van der Waals surface area contributed by atoms with E-state index in [2.05, 4.69) is 75.4 Å². The molecule has 0 amide bonds. The van der Waals surface area contributed by atoms with E-state index in [0.717, 1.165) is 43.0 Å². The SMILES string of the molecule is CC(C)(C)Cn1nnnc1C(NCCCn1ccnc1)c1ccc2c(c1)C(N)C=C2. The summed E-state index contributed by atoms with van der Waals surface area (Å²) in [7, 11) is 0. The summed E-state index contributed by atoms with van der Waals surface area (Å²) in [6.07, 6.45) is 10.7. The van der Waals surface area contributed by atoms with Crippen LogP contribution in [0.3, 0.4) is 0 Å². The summed E-state index contributed by atoms with van der Waals surface area (Å²) in [6.45, 7) is 9.04. The van der Waals surface area contributed by atoms with Gasteiger partial charge in [0.05, 0.1) is 12.4 Å². The molecule has 0 fully saturated rings. The molecule has 2 atom stereocenters. The maximum absolute atomic E-state index is 6.26. The van der Waals surface area contributed by atoms with Crippen molar-refractivity contribution in [2.45, 2.75) is 52.4 Å². The average molecular weight is 407 g/mol. The van der Waals surface area contributed by atoms with Crippen LogP contribution < -0.4 is 11.1 Å². The quantitative estimate of drug-likeness (QED) is 0.558. The standard InChI is InChI=1S/C22H30N8/c1-22(2,3)14-30-21(26-27-28-30)20(25-9-4-11-29-12-10-24-15-29)17-6-5-16-7-8-19(23)18(16)13-17/h5-8,10,12-13,15,19-20,25H,4,9,11,14,23H2,1-3H3. The van der Waals surface area contributed by atoms with Crippen LogP contribution in [0.5, 0.6) is 0 Å². The van der Waals surface area contributed by atoms with E-state index >= 15 is 0 Å². The lowest BCUT2D eigenvalue weighted by atomic mass is 9.96. The molecule has 3 aromatic rings. The predicted octanol–water partition coefficient (Wildman–Crippen LogP) is 2.71. The van der Waals surface area contributed by atoms with Crippen molar-refractivity contribution in [3.8, 4) is 0 Å². The Labute approximate surface area is 177 Å². The summed E-state index contributed by atoms with van der Waals surface area (Å²) in [4.78, 5) is 4.11. The number of imidazole rings is 1. The number of aromatic nitrogens is 6. The minimum absolute atomic E-state index is 0.0626. The van der Waals surface area contributed by atoms with E-state index in [1.54, 1.807) is 6.20 Å². The second-order valence-electron chi connectivity index (χ2n) is 9.07. The van der Waals surface area contributed by atoms with Gasteiger partial charge in [0.1, 0.15) is 0 Å². The fourth-order valence-electron chi connectivity index (χ4n) is 3.79. The first-order valence-electron chi connectivity index (χ1n) is 10.4. The third-order valence-electron chi connectivity index (χ3n) is 5.23. The largest absolute Gasteiger partial charge is 0.337 e. The number of rotatable bonds is 8. The van der Waals surface area contributed by atoms with Crippen LogP contribution in [-0.2, 0) is 13.1 Å². The van der Waals surface area contributed by atoms with Gasteiger partial charge in [-0.15, -0.1) is 5.10 Å². The predicted molar refractivity (Wildman–Crippen MR) is 116 cm³/mol. The first kappa shape index (κ1) is 20.4. The van der Waals surface area contributed by atoms with Crippen molar-refractivity contribution < 1.29 is 0 Å². The van der Waals surface area contributed by atoms with Crippen molar-refractivity contribution in [2.75, 3.05) is 6.54 Å². The Morgan fingerprint density at radius 2 is 2.13 bits per heavy atom. The minimum Gasteiger partial charge on any atom is -0.337 e. The van der Waals surface area contributed by atoms with Crippen LogP contribution in [0.1, 0.15) is 61.8 Å². The van der Waals surface area contributed by atoms with Gasteiger partial charge < -0.3 is 15.6 Å². The summed E-state index contributed by atoms with van der Waals surface area (Å²) in [5, 5.41) is 16.3. The lowest BCUT2D eigenvalue weighted by Crippen LogP contribution is -2.29. The van der Waals surface area contributed by atoms with Crippen molar-refractivity contribution in [1.82, 2.24) is 35.1 Å². The number of nitrogens with zero attached hydrogens (tertiary/aromatic N) is 6. The van der Waals surface area contributed by atoms with Gasteiger partial charge in [0.25, 0.3) is 0 Å². The zero-order chi connectivity index (χ0) is 21.1. The van der Waals surface area contributed by atoms with E-state index in [1.807, 2.05) is 23.3 Å². The summed E-state index contributed by atoms with van der Waals surface area (Å²) in [6, 6.07) is 6.29. The monoisotopic (exact) mass is 406 g/mol. The van der Waals surface area contributed by atoms with Crippen LogP contribution in [0.2, 0.25) is 0 Å². The number of aryl methyl sites for hydroxylation is 1. The normalized spacial score (nSPS) is 16.7. The smallest absolute Gasteiger partial charge is 0.172 e. The molecule has 0 aliphatic heterocycles. The number of fused-ring (bicyclic) bond motifs is 1. The van der Waals surface area contributed by atoms with Crippen LogP contribution in [0.25, 0.3) is 6.08 Å². The molecular formula is C22H30N8. The molecule has 30 heavy (non-hydrogen) atoms. The van der Waals surface area contributed by atoms with E-state index in [0.29, 0.717) is 0 Å². The molecule has 8 heteroatoms. The van der Waals surface area contributed by atoms with Crippen molar-refractivity contribution in [1.29, 1.82) is 0 Å². The van der Waals surface area contributed by atoms with Gasteiger partial charge in [-0.05, 0) is 45.5 Å². The zero-order valence-corrected chi connectivity index (χ0v) is 17.9. The lowest BCUT2D eigenvalue weighted by Gasteiger charge is -2.23. The molecule has 158 valence electrons. The molecule has 0 spiro atoms. The molecule has 1 aliphatic rings. The van der Waals surface area contributed by atoms with E-state index < -0.39 is 0 Å². The van der Waals surface area contributed by atoms with Crippen LogP contribution in [0.4, 0.5) is 0 Å². The van der Waals surface area contributed by atoms with Gasteiger partial charge in [0.15, 0.2) is 5.82 Å². The molecular weight excluding hydrogens is 376 g/mol. The first-order valence-corrected chi connectivity index (χ1v) is 10.4. The summed E-state index contributed by atoms with van der Waals surface area (Å²) < 4.78 is 4.00. The highest BCUT2D eigenvalue weighted by atomic mass is 15.5. The highest BCUT2D eigenvalue weighted by Gasteiger charge is 2.25. The van der Waals surface area contributed by atoms with Crippen LogP contribution in [-0.4, -0.2) is 36.3 Å². The zero-order valence-electron chi connectivity index (χ0n) is 17.9. The molecule has 3 N–H and O–H groups in total. The third kappa shape index (κ3) is 4.66. The minimum atomic E-state index is -0.108. The Bertz CT molecular complexity index is 997. The van der Waals surface area contributed by atoms with E-state index in [9.17, 15) is 0 Å². The average Bonchev–Trinajstić information content (AvgIpc) is 3.43. The Balaban J connectivity index is 1.57. The molecule has 0 bridgehead atoms. The van der Waals surface area contributed by atoms with Gasteiger partial charge in [-0.2, -0.15) is 0 Å². The van der Waals surface area contributed by atoms with E-state index in [4.69, 9.17) is 5.73 Å². The molecule has 1 aromatic carbocycles. The van der Waals surface area contributed by atoms with Crippen LogP contribution in [0, 0.1) is 5.41 Å². The second kappa shape index (κ2) is 8.49. The highest BCUT2D eigenvalue weighted by Crippen LogP contribution is 2.31. The lowest BCUT2D eigenvalue weighted by molar-refractivity contribution is 0.310.